The molecule has 5 heteroatoms. The fourth-order valence-corrected chi connectivity index (χ4v) is 2.13. The summed E-state index contributed by atoms with van der Waals surface area (Å²) >= 11 is 0. The van der Waals surface area contributed by atoms with Crippen molar-refractivity contribution in [2.75, 3.05) is 0 Å². The van der Waals surface area contributed by atoms with Crippen molar-refractivity contribution in [2.45, 2.75) is 20.8 Å². The number of aliphatic imine (C=N–C) groups is 1. The summed E-state index contributed by atoms with van der Waals surface area (Å²) < 4.78 is 0. The Kier molecular flexibility index (Phi) is 3.36. The molecule has 0 spiro atoms. The van der Waals surface area contributed by atoms with E-state index in [1.54, 1.807) is 6.92 Å². The summed E-state index contributed by atoms with van der Waals surface area (Å²) in [5.41, 5.74) is 21.5. The number of aryl methyl sites for hydroxylation is 2. The van der Waals surface area contributed by atoms with Crippen LogP contribution in [0.25, 0.3) is 0 Å². The van der Waals surface area contributed by atoms with E-state index in [1.807, 2.05) is 32.0 Å². The fourth-order valence-electron chi connectivity index (χ4n) is 2.13. The van der Waals surface area contributed by atoms with Gasteiger partial charge in [0.2, 0.25) is 5.78 Å². The van der Waals surface area contributed by atoms with Gasteiger partial charge < -0.3 is 17.2 Å². The molecular weight excluding hydrogens is 252 g/mol. The molecule has 1 aromatic carbocycles. The molecule has 0 saturated carbocycles. The predicted octanol–water partition coefficient (Wildman–Crippen LogP) is 1.32. The normalized spacial score (nSPS) is 18.1. The summed E-state index contributed by atoms with van der Waals surface area (Å²) in [6, 6.07) is 5.89. The Bertz CT molecular complexity index is 646. The Morgan fingerprint density at radius 2 is 1.45 bits per heavy atom. The van der Waals surface area contributed by atoms with E-state index in [0.29, 0.717) is 11.3 Å². The number of Topliss-reactive ketones (excluding diaryl/α,β-unsaturated/α-hetero) is 1. The second-order valence-corrected chi connectivity index (χ2v) is 4.90. The van der Waals surface area contributed by atoms with Crippen molar-refractivity contribution in [3.63, 3.8) is 0 Å². The van der Waals surface area contributed by atoms with Gasteiger partial charge in [-0.3, -0.25) is 4.79 Å². The summed E-state index contributed by atoms with van der Waals surface area (Å²) in [4.78, 5) is 16.4. The highest BCUT2D eigenvalue weighted by Gasteiger charge is 2.26. The van der Waals surface area contributed by atoms with E-state index < -0.39 is 5.78 Å². The van der Waals surface area contributed by atoms with Crippen LogP contribution in [0.1, 0.15) is 18.1 Å². The summed E-state index contributed by atoms with van der Waals surface area (Å²) in [6.45, 7) is 5.65. The number of hydrogen-bond acceptors (Lipinski definition) is 5. The lowest BCUT2D eigenvalue weighted by Gasteiger charge is -2.19. The van der Waals surface area contributed by atoms with Crippen molar-refractivity contribution in [3.05, 3.63) is 52.0 Å². The molecule has 0 saturated heterocycles. The number of allylic oxidation sites excluding steroid dienone is 1. The number of nitrogens with zero attached hydrogens (tertiary/aromatic N) is 1. The number of nitrogens with two attached hydrogens (primary N) is 3. The van der Waals surface area contributed by atoms with Gasteiger partial charge in [0.1, 0.15) is 5.70 Å². The fraction of sp³-hybridized carbons (Fsp3) is 0.200. The molecule has 0 aromatic heterocycles. The monoisotopic (exact) mass is 270 g/mol. The van der Waals surface area contributed by atoms with Crippen molar-refractivity contribution < 1.29 is 4.79 Å². The molecule has 0 bridgehead atoms. The first-order valence-corrected chi connectivity index (χ1v) is 6.26. The maximum atomic E-state index is 11.8. The van der Waals surface area contributed by atoms with Crippen LogP contribution < -0.4 is 17.2 Å². The summed E-state index contributed by atoms with van der Waals surface area (Å²) in [5, 5.41) is 0. The standard InChI is InChI=1S/C15H18N4O/c1-7-5-4-6-8(2)13(7)19-14-9(3)10(16)15(20)12(18)11(14)17/h4-6H,16-18H2,1-3H3. The molecule has 0 amide bonds. The Labute approximate surface area is 117 Å². The molecule has 0 unspecified atom stereocenters. The molecule has 0 fully saturated rings. The Morgan fingerprint density at radius 1 is 0.900 bits per heavy atom. The number of carbonyl (C=O) groups excluding carboxylic acids is 1. The third kappa shape index (κ3) is 2.07. The van der Waals surface area contributed by atoms with E-state index in [4.69, 9.17) is 17.2 Å². The first-order valence-electron chi connectivity index (χ1n) is 6.26. The predicted molar refractivity (Wildman–Crippen MR) is 80.3 cm³/mol. The van der Waals surface area contributed by atoms with Crippen LogP contribution in [0.5, 0.6) is 0 Å². The molecule has 2 rings (SSSR count). The molecule has 0 atom stereocenters. The van der Waals surface area contributed by atoms with E-state index >= 15 is 0 Å². The molecule has 0 radical (unpaired) electrons. The van der Waals surface area contributed by atoms with Crippen molar-refractivity contribution in [1.29, 1.82) is 0 Å². The van der Waals surface area contributed by atoms with Crippen molar-refractivity contribution in [1.82, 2.24) is 0 Å². The average molecular weight is 270 g/mol. The zero-order valence-corrected chi connectivity index (χ0v) is 11.8. The number of ketones is 1. The van der Waals surface area contributed by atoms with Gasteiger partial charge in [-0.05, 0) is 31.9 Å². The average Bonchev–Trinajstić information content (AvgIpc) is 2.42. The number of rotatable bonds is 1. The van der Waals surface area contributed by atoms with Crippen molar-refractivity contribution in [2.24, 2.45) is 22.2 Å². The van der Waals surface area contributed by atoms with Gasteiger partial charge in [-0.15, -0.1) is 0 Å². The molecule has 1 aliphatic rings. The molecule has 0 aliphatic heterocycles. The van der Waals surface area contributed by atoms with Crippen LogP contribution in [0.2, 0.25) is 0 Å². The second kappa shape index (κ2) is 4.85. The molecule has 6 N–H and O–H groups in total. The first-order chi connectivity index (χ1) is 9.34. The minimum atomic E-state index is -0.430. The topological polar surface area (TPSA) is 107 Å². The summed E-state index contributed by atoms with van der Waals surface area (Å²) in [6.07, 6.45) is 0. The highest BCUT2D eigenvalue weighted by Crippen LogP contribution is 2.27. The van der Waals surface area contributed by atoms with E-state index in [1.165, 1.54) is 0 Å². The lowest BCUT2D eigenvalue weighted by molar-refractivity contribution is -0.112. The minimum Gasteiger partial charge on any atom is -0.395 e. The van der Waals surface area contributed by atoms with E-state index in [2.05, 4.69) is 4.99 Å². The molecule has 5 nitrogen and oxygen atoms in total. The first kappa shape index (κ1) is 13.9. The molecular formula is C15H18N4O. The smallest absolute Gasteiger partial charge is 0.226 e. The van der Waals surface area contributed by atoms with Crippen LogP contribution in [-0.4, -0.2) is 11.5 Å². The Morgan fingerprint density at radius 3 is 2.00 bits per heavy atom. The number of hydrogen-bond donors (Lipinski definition) is 3. The number of para-hydroxylation sites is 1. The van der Waals surface area contributed by atoms with Gasteiger partial charge in [0.25, 0.3) is 0 Å². The third-order valence-corrected chi connectivity index (χ3v) is 3.46. The highest BCUT2D eigenvalue weighted by atomic mass is 16.1. The zero-order valence-electron chi connectivity index (χ0n) is 11.8. The molecule has 1 aromatic rings. The number of carbonyl (C=O) groups is 1. The summed E-state index contributed by atoms with van der Waals surface area (Å²) in [5.74, 6) is -0.430. The van der Waals surface area contributed by atoms with Gasteiger partial charge in [0, 0.05) is 5.57 Å². The minimum absolute atomic E-state index is 0.0434. The van der Waals surface area contributed by atoms with Gasteiger partial charge in [-0.25, -0.2) is 4.99 Å². The highest BCUT2D eigenvalue weighted by molar-refractivity contribution is 6.26. The third-order valence-electron chi connectivity index (χ3n) is 3.46. The quantitative estimate of drug-likeness (QED) is 0.669. The Hall–Kier alpha value is -2.56. The van der Waals surface area contributed by atoms with Crippen LogP contribution in [0, 0.1) is 13.8 Å². The van der Waals surface area contributed by atoms with Gasteiger partial charge in [-0.2, -0.15) is 0 Å². The van der Waals surface area contributed by atoms with Crippen molar-refractivity contribution >= 4 is 17.2 Å². The Balaban J connectivity index is 2.68. The van der Waals surface area contributed by atoms with E-state index in [9.17, 15) is 4.79 Å². The molecule has 104 valence electrons. The van der Waals surface area contributed by atoms with Crippen LogP contribution in [-0.2, 0) is 4.79 Å². The van der Waals surface area contributed by atoms with Gasteiger partial charge in [0.05, 0.1) is 22.8 Å². The van der Waals surface area contributed by atoms with Gasteiger partial charge in [-0.1, -0.05) is 18.2 Å². The molecule has 1 aliphatic carbocycles. The maximum absolute atomic E-state index is 11.8. The van der Waals surface area contributed by atoms with Gasteiger partial charge in [0.15, 0.2) is 0 Å². The maximum Gasteiger partial charge on any atom is 0.226 e. The second-order valence-electron chi connectivity index (χ2n) is 4.90. The lowest BCUT2D eigenvalue weighted by atomic mass is 9.95. The van der Waals surface area contributed by atoms with Crippen molar-refractivity contribution in [3.8, 4) is 0 Å². The van der Waals surface area contributed by atoms with Crippen LogP contribution in [0.15, 0.2) is 45.9 Å². The summed E-state index contributed by atoms with van der Waals surface area (Å²) in [7, 11) is 0. The SMILES string of the molecule is CC1=C(N)C(=O)C(N)=C(N)C1=Nc1c(C)cccc1C. The molecule has 0 heterocycles. The molecule has 20 heavy (non-hydrogen) atoms. The van der Waals surface area contributed by atoms with Crippen LogP contribution >= 0.6 is 0 Å². The number of benzene rings is 1. The van der Waals surface area contributed by atoms with E-state index in [-0.39, 0.29) is 17.1 Å². The van der Waals surface area contributed by atoms with E-state index in [0.717, 1.165) is 16.8 Å². The lowest BCUT2D eigenvalue weighted by Crippen LogP contribution is -2.33. The van der Waals surface area contributed by atoms with Crippen LogP contribution in [0.3, 0.4) is 0 Å². The van der Waals surface area contributed by atoms with Crippen LogP contribution in [0.4, 0.5) is 5.69 Å². The van der Waals surface area contributed by atoms with Gasteiger partial charge >= 0.3 is 0 Å². The zero-order chi connectivity index (χ0) is 15.0. The largest absolute Gasteiger partial charge is 0.395 e.